The summed E-state index contributed by atoms with van der Waals surface area (Å²) in [7, 11) is 0. The Morgan fingerprint density at radius 2 is 1.68 bits per heavy atom. The number of nitrogens with zero attached hydrogens (tertiary/aromatic N) is 1. The molecular weight excluding hydrogens is 325 g/mol. The quantitative estimate of drug-likeness (QED) is 0.754. The van der Waals surface area contributed by atoms with E-state index in [1.54, 1.807) is 0 Å². The third-order valence-electron chi connectivity index (χ3n) is 2.12. The lowest BCUT2D eigenvalue weighted by atomic mass is 10.2. The summed E-state index contributed by atoms with van der Waals surface area (Å²) in [5, 5.41) is 0.349. The molecule has 0 heterocycles. The van der Waals surface area contributed by atoms with E-state index in [9.17, 15) is 18.0 Å². The van der Waals surface area contributed by atoms with Gasteiger partial charge in [-0.1, -0.05) is 23.2 Å². The van der Waals surface area contributed by atoms with Crippen LogP contribution in [0.1, 0.15) is 10.4 Å². The Labute approximate surface area is 123 Å². The van der Waals surface area contributed by atoms with Gasteiger partial charge in [0.05, 0.1) is 0 Å². The average Bonchev–Trinajstić information content (AvgIpc) is 2.24. The molecule has 0 saturated heterocycles. The number of amides is 1. The predicted molar refractivity (Wildman–Crippen MR) is 69.1 cm³/mol. The van der Waals surface area contributed by atoms with Crippen molar-refractivity contribution in [1.82, 2.24) is 4.90 Å². The average molecular weight is 335 g/mol. The Bertz CT molecular complexity index is 445. The molecule has 1 aromatic carbocycles. The van der Waals surface area contributed by atoms with Crippen molar-refractivity contribution >= 4 is 40.7 Å². The third kappa shape index (κ3) is 5.47. The van der Waals surface area contributed by atoms with Crippen molar-refractivity contribution in [2.45, 2.75) is 6.18 Å². The van der Waals surface area contributed by atoms with Gasteiger partial charge in [-0.15, -0.1) is 11.6 Å². The summed E-state index contributed by atoms with van der Waals surface area (Å²) >= 11 is 16.8. The molecule has 0 bridgehead atoms. The Balaban J connectivity index is 2.98. The molecule has 0 aromatic heterocycles. The van der Waals surface area contributed by atoms with Gasteiger partial charge in [0.25, 0.3) is 5.91 Å². The second-order valence-corrected chi connectivity index (χ2v) is 4.94. The smallest absolute Gasteiger partial charge is 0.328 e. The van der Waals surface area contributed by atoms with Gasteiger partial charge in [-0.25, -0.2) is 0 Å². The summed E-state index contributed by atoms with van der Waals surface area (Å²) in [5.41, 5.74) is -0.00753. The van der Waals surface area contributed by atoms with Crippen molar-refractivity contribution < 1.29 is 18.0 Å². The fourth-order valence-electron chi connectivity index (χ4n) is 1.43. The van der Waals surface area contributed by atoms with Crippen molar-refractivity contribution in [3.05, 3.63) is 33.8 Å². The number of carbonyl (C=O) groups excluding carboxylic acids is 1. The highest BCUT2D eigenvalue weighted by Gasteiger charge is 2.33. The molecule has 0 unspecified atom stereocenters. The van der Waals surface area contributed by atoms with Crippen molar-refractivity contribution in [2.24, 2.45) is 0 Å². The van der Waals surface area contributed by atoms with E-state index in [2.05, 4.69) is 0 Å². The number of halogens is 6. The van der Waals surface area contributed by atoms with Gasteiger partial charge in [-0.05, 0) is 18.2 Å². The minimum absolute atomic E-state index is 0.00753. The van der Waals surface area contributed by atoms with Gasteiger partial charge in [0, 0.05) is 28.0 Å². The van der Waals surface area contributed by atoms with Gasteiger partial charge in [0.15, 0.2) is 0 Å². The number of hydrogen-bond donors (Lipinski definition) is 0. The maximum Gasteiger partial charge on any atom is 0.406 e. The van der Waals surface area contributed by atoms with E-state index >= 15 is 0 Å². The number of carbonyl (C=O) groups is 1. The van der Waals surface area contributed by atoms with Crippen molar-refractivity contribution in [3.8, 4) is 0 Å². The van der Waals surface area contributed by atoms with Gasteiger partial charge in [-0.2, -0.15) is 13.2 Å². The second-order valence-electron chi connectivity index (χ2n) is 3.69. The van der Waals surface area contributed by atoms with E-state index in [1.165, 1.54) is 18.2 Å². The molecule has 106 valence electrons. The van der Waals surface area contributed by atoms with Crippen LogP contribution in [0.25, 0.3) is 0 Å². The molecule has 1 amide bonds. The fraction of sp³-hybridized carbons (Fsp3) is 0.364. The first-order chi connectivity index (χ1) is 8.73. The number of rotatable bonds is 4. The first-order valence-electron chi connectivity index (χ1n) is 5.11. The minimum atomic E-state index is -4.50. The van der Waals surface area contributed by atoms with Gasteiger partial charge < -0.3 is 4.90 Å². The summed E-state index contributed by atoms with van der Waals surface area (Å²) in [6.45, 7) is -1.59. The zero-order chi connectivity index (χ0) is 14.6. The summed E-state index contributed by atoms with van der Waals surface area (Å²) in [6.07, 6.45) is -4.50. The molecule has 0 aliphatic heterocycles. The molecule has 1 rings (SSSR count). The number of benzene rings is 1. The lowest BCUT2D eigenvalue weighted by molar-refractivity contribution is -0.140. The molecule has 1 aromatic rings. The van der Waals surface area contributed by atoms with E-state index in [4.69, 9.17) is 34.8 Å². The van der Waals surface area contributed by atoms with Gasteiger partial charge >= 0.3 is 6.18 Å². The number of alkyl halides is 4. The Morgan fingerprint density at radius 3 is 2.11 bits per heavy atom. The Kier molecular flexibility index (Phi) is 5.77. The maximum absolute atomic E-state index is 12.4. The Morgan fingerprint density at radius 1 is 1.16 bits per heavy atom. The first kappa shape index (κ1) is 16.4. The van der Waals surface area contributed by atoms with Crippen molar-refractivity contribution in [3.63, 3.8) is 0 Å². The van der Waals surface area contributed by atoms with Crippen LogP contribution in [0.2, 0.25) is 10.0 Å². The molecule has 0 aliphatic rings. The summed E-state index contributed by atoms with van der Waals surface area (Å²) < 4.78 is 37.1. The maximum atomic E-state index is 12.4. The van der Waals surface area contributed by atoms with Gasteiger partial charge in [0.1, 0.15) is 6.54 Å². The highest BCUT2D eigenvalue weighted by atomic mass is 35.5. The van der Waals surface area contributed by atoms with Crippen molar-refractivity contribution in [1.29, 1.82) is 0 Å². The largest absolute Gasteiger partial charge is 0.406 e. The molecule has 19 heavy (non-hydrogen) atoms. The third-order valence-corrected chi connectivity index (χ3v) is 2.73. The topological polar surface area (TPSA) is 20.3 Å². The van der Waals surface area contributed by atoms with E-state index in [-0.39, 0.29) is 28.0 Å². The van der Waals surface area contributed by atoms with Crippen molar-refractivity contribution in [2.75, 3.05) is 19.0 Å². The van der Waals surface area contributed by atoms with Crippen LogP contribution in [0.5, 0.6) is 0 Å². The molecule has 0 spiro atoms. The molecule has 0 radical (unpaired) electrons. The lowest BCUT2D eigenvalue weighted by Gasteiger charge is -2.23. The molecule has 0 atom stereocenters. The first-order valence-corrected chi connectivity index (χ1v) is 6.40. The molecule has 0 saturated carbocycles. The normalized spacial score (nSPS) is 11.5. The van der Waals surface area contributed by atoms with Gasteiger partial charge in [0.2, 0.25) is 0 Å². The van der Waals surface area contributed by atoms with Crippen LogP contribution >= 0.6 is 34.8 Å². The Hall–Kier alpha value is -0.650. The SMILES string of the molecule is O=C(c1cc(Cl)cc(Cl)c1)N(CCCl)CC(F)(F)F. The van der Waals surface area contributed by atoms with Crippen LogP contribution in [0.4, 0.5) is 13.2 Å². The summed E-state index contributed by atoms with van der Waals surface area (Å²) in [4.78, 5) is 12.6. The van der Waals surface area contributed by atoms with E-state index in [0.717, 1.165) is 0 Å². The van der Waals surface area contributed by atoms with Crippen LogP contribution in [-0.2, 0) is 0 Å². The van der Waals surface area contributed by atoms with Crippen LogP contribution in [0.3, 0.4) is 0 Å². The highest BCUT2D eigenvalue weighted by molar-refractivity contribution is 6.35. The second kappa shape index (κ2) is 6.68. The van der Waals surface area contributed by atoms with Crippen LogP contribution in [0, 0.1) is 0 Å². The standard InChI is InChI=1S/C11H9Cl3F3NO/c12-1-2-18(6-11(15,16)17)10(19)7-3-8(13)5-9(14)4-7/h3-5H,1-2,6H2. The zero-order valence-corrected chi connectivity index (χ0v) is 11.7. The summed E-state index contributed by atoms with van der Waals surface area (Å²) in [5.74, 6) is -0.918. The molecule has 0 N–H and O–H groups in total. The van der Waals surface area contributed by atoms with E-state index < -0.39 is 18.6 Å². The monoisotopic (exact) mass is 333 g/mol. The highest BCUT2D eigenvalue weighted by Crippen LogP contribution is 2.22. The van der Waals surface area contributed by atoms with E-state index in [1.807, 2.05) is 0 Å². The van der Waals surface area contributed by atoms with Gasteiger partial charge in [-0.3, -0.25) is 4.79 Å². The predicted octanol–water partition coefficient (Wildman–Crippen LogP) is 4.24. The lowest BCUT2D eigenvalue weighted by Crippen LogP contribution is -2.40. The summed E-state index contributed by atoms with van der Waals surface area (Å²) in [6, 6.07) is 3.90. The number of hydrogen-bond acceptors (Lipinski definition) is 1. The molecule has 0 aliphatic carbocycles. The molecular formula is C11H9Cl3F3NO. The zero-order valence-electron chi connectivity index (χ0n) is 9.48. The van der Waals surface area contributed by atoms with Crippen LogP contribution in [0.15, 0.2) is 18.2 Å². The minimum Gasteiger partial charge on any atom is -0.328 e. The van der Waals surface area contributed by atoms with Crippen LogP contribution in [-0.4, -0.2) is 36.0 Å². The molecule has 8 heteroatoms. The molecule has 0 fully saturated rings. The van der Waals surface area contributed by atoms with E-state index in [0.29, 0.717) is 4.90 Å². The molecule has 2 nitrogen and oxygen atoms in total. The fourth-order valence-corrected chi connectivity index (χ4v) is 2.16. The van der Waals surface area contributed by atoms with Crippen LogP contribution < -0.4 is 0 Å².